The number of hydrogen-bond donors (Lipinski definition) is 0. The summed E-state index contributed by atoms with van der Waals surface area (Å²) in [5.74, 6) is 10.5. The summed E-state index contributed by atoms with van der Waals surface area (Å²) < 4.78 is 0. The van der Waals surface area contributed by atoms with Gasteiger partial charge in [-0.3, -0.25) is 0 Å². The van der Waals surface area contributed by atoms with Crippen LogP contribution in [0.5, 0.6) is 0 Å². The molecular formula is C48H38Si. The molecule has 1 aliphatic rings. The van der Waals surface area contributed by atoms with Crippen LogP contribution in [-0.2, 0) is 0 Å². The Labute approximate surface area is 292 Å². The zero-order valence-electron chi connectivity index (χ0n) is 27.6. The summed E-state index contributed by atoms with van der Waals surface area (Å²) in [6.07, 6.45) is 3.75. The van der Waals surface area contributed by atoms with E-state index in [2.05, 4.69) is 187 Å². The molecule has 0 aromatic heterocycles. The molecule has 0 nitrogen and oxygen atoms in total. The Morgan fingerprint density at radius 3 is 1.18 bits per heavy atom. The van der Waals surface area contributed by atoms with E-state index in [1.54, 1.807) is 0 Å². The molecule has 49 heavy (non-hydrogen) atoms. The van der Waals surface area contributed by atoms with Crippen LogP contribution in [-0.4, -0.2) is 8.07 Å². The lowest BCUT2D eigenvalue weighted by atomic mass is 9.89. The van der Waals surface area contributed by atoms with Gasteiger partial charge in [0.15, 0.2) is 0 Å². The first kappa shape index (κ1) is 31.7. The van der Waals surface area contributed by atoms with Gasteiger partial charge in [-0.1, -0.05) is 182 Å². The van der Waals surface area contributed by atoms with Crippen molar-refractivity contribution >= 4 is 34.8 Å². The molecule has 0 amide bonds. The molecule has 6 aromatic carbocycles. The Hall–Kier alpha value is -5.86. The van der Waals surface area contributed by atoms with Gasteiger partial charge in [-0.25, -0.2) is 0 Å². The average molecular weight is 643 g/mol. The molecule has 0 unspecified atom stereocenters. The molecule has 0 saturated carbocycles. The molecule has 0 radical (unpaired) electrons. The van der Waals surface area contributed by atoms with Gasteiger partial charge in [-0.2, -0.15) is 0 Å². The third-order valence-corrected chi connectivity index (χ3v) is 13.4. The number of allylic oxidation sites excluding steroid dienone is 2. The molecular weight excluding hydrogens is 605 g/mol. The fourth-order valence-electron chi connectivity index (χ4n) is 6.95. The van der Waals surface area contributed by atoms with Gasteiger partial charge in [0, 0.05) is 18.4 Å². The zero-order chi connectivity index (χ0) is 33.1. The maximum absolute atomic E-state index is 4.16. The first-order valence-corrected chi connectivity index (χ1v) is 19.2. The van der Waals surface area contributed by atoms with Gasteiger partial charge in [0.2, 0.25) is 8.07 Å². The predicted molar refractivity (Wildman–Crippen MR) is 211 cm³/mol. The Morgan fingerprint density at radius 2 is 0.735 bits per heavy atom. The zero-order valence-corrected chi connectivity index (χ0v) is 28.6. The van der Waals surface area contributed by atoms with E-state index in [0.29, 0.717) is 0 Å². The van der Waals surface area contributed by atoms with Gasteiger partial charge in [-0.05, 0) is 74.0 Å². The van der Waals surface area contributed by atoms with E-state index in [0.717, 1.165) is 31.2 Å². The highest BCUT2D eigenvalue weighted by Gasteiger charge is 2.51. The Balaban J connectivity index is 1.45. The Bertz CT molecular complexity index is 2080. The largest absolute Gasteiger partial charge is 0.232 e. The second kappa shape index (κ2) is 15.4. The minimum atomic E-state index is -2.99. The van der Waals surface area contributed by atoms with Crippen LogP contribution in [0.25, 0.3) is 21.5 Å². The van der Waals surface area contributed by atoms with E-state index in [9.17, 15) is 0 Å². The summed E-state index contributed by atoms with van der Waals surface area (Å²) in [5.41, 5.74) is 12.7. The standard InChI is InChI=1S/C48H38Si/c1(3-11-25-39-26-12-5-13-27-39)2-4-24-38-49(44-36-22-10-23-37-44)47(42-32-18-8-19-33-42)45(40-28-14-6-15-29-40)46(41-30-16-7-17-31-41)48(49)43-34-20-9-21-35-43/h5-10,12-23,26-37H,1-4H2. The number of rotatable bonds is 8. The third-order valence-electron chi connectivity index (χ3n) is 9.09. The molecule has 1 heteroatoms. The summed E-state index contributed by atoms with van der Waals surface area (Å²) >= 11 is 0. The van der Waals surface area contributed by atoms with Gasteiger partial charge in [0.1, 0.15) is 0 Å². The summed E-state index contributed by atoms with van der Waals surface area (Å²) in [5, 5.41) is 4.04. The maximum atomic E-state index is 4.16. The number of hydrogen-bond acceptors (Lipinski definition) is 0. The fourth-order valence-corrected chi connectivity index (χ4v) is 11.7. The monoisotopic (exact) mass is 642 g/mol. The summed E-state index contributed by atoms with van der Waals surface area (Å²) in [6.45, 7) is 0. The minimum absolute atomic E-state index is 0.833. The van der Waals surface area contributed by atoms with Gasteiger partial charge in [0.05, 0.1) is 0 Å². The van der Waals surface area contributed by atoms with Crippen molar-refractivity contribution in [3.8, 4) is 23.3 Å². The maximum Gasteiger partial charge on any atom is 0.232 e. The lowest BCUT2D eigenvalue weighted by Crippen LogP contribution is -2.49. The highest BCUT2D eigenvalue weighted by Crippen LogP contribution is 2.55. The van der Waals surface area contributed by atoms with Crippen molar-refractivity contribution in [2.24, 2.45) is 0 Å². The highest BCUT2D eigenvalue weighted by molar-refractivity contribution is 7.26. The summed E-state index contributed by atoms with van der Waals surface area (Å²) in [7, 11) is -2.99. The van der Waals surface area contributed by atoms with Crippen LogP contribution in [0.4, 0.5) is 0 Å². The number of benzene rings is 6. The molecule has 0 N–H and O–H groups in total. The van der Waals surface area contributed by atoms with Crippen LogP contribution >= 0.6 is 0 Å². The molecule has 0 saturated heterocycles. The first-order chi connectivity index (χ1) is 24.4. The predicted octanol–water partition coefficient (Wildman–Crippen LogP) is 10.8. The second-order valence-electron chi connectivity index (χ2n) is 12.3. The van der Waals surface area contributed by atoms with Crippen molar-refractivity contribution in [2.75, 3.05) is 0 Å². The summed E-state index contributed by atoms with van der Waals surface area (Å²) in [4.78, 5) is 0. The first-order valence-electron chi connectivity index (χ1n) is 17.2. The highest BCUT2D eigenvalue weighted by atomic mass is 28.3. The third kappa shape index (κ3) is 6.77. The van der Waals surface area contributed by atoms with E-state index in [4.69, 9.17) is 0 Å². The van der Waals surface area contributed by atoms with Crippen molar-refractivity contribution in [2.45, 2.75) is 25.7 Å². The van der Waals surface area contributed by atoms with Crippen molar-refractivity contribution in [3.05, 3.63) is 210 Å². The quantitative estimate of drug-likeness (QED) is 0.0880. The molecule has 1 aliphatic heterocycles. The van der Waals surface area contributed by atoms with Crippen molar-refractivity contribution in [1.29, 1.82) is 0 Å². The topological polar surface area (TPSA) is 0 Å². The summed E-state index contributed by atoms with van der Waals surface area (Å²) in [6, 6.07) is 65.3. The average Bonchev–Trinajstić information content (AvgIpc) is 3.50. The van der Waals surface area contributed by atoms with E-state index < -0.39 is 8.07 Å². The fraction of sp³-hybridized carbons (Fsp3) is 0.0833. The van der Waals surface area contributed by atoms with Gasteiger partial charge < -0.3 is 0 Å². The Kier molecular flexibility index (Phi) is 9.94. The van der Waals surface area contributed by atoms with Crippen LogP contribution in [0, 0.1) is 23.3 Å². The van der Waals surface area contributed by atoms with Crippen LogP contribution in [0.3, 0.4) is 0 Å². The van der Waals surface area contributed by atoms with Crippen LogP contribution in [0.2, 0.25) is 0 Å². The van der Waals surface area contributed by atoms with E-state index in [1.165, 1.54) is 49.0 Å². The van der Waals surface area contributed by atoms with E-state index >= 15 is 0 Å². The van der Waals surface area contributed by atoms with Crippen LogP contribution in [0.15, 0.2) is 182 Å². The second-order valence-corrected chi connectivity index (χ2v) is 15.6. The molecule has 0 bridgehead atoms. The Morgan fingerprint density at radius 1 is 0.367 bits per heavy atom. The SMILES string of the molecule is C(#Cc1ccccc1)CCCCC#C[Si]1(c2ccccc2)C(c2ccccc2)=C(c2ccccc2)C(c2ccccc2)=C1c1ccccc1. The normalized spacial score (nSPS) is 13.3. The molecule has 0 spiro atoms. The van der Waals surface area contributed by atoms with E-state index in [-0.39, 0.29) is 0 Å². The lowest BCUT2D eigenvalue weighted by molar-refractivity contribution is 0.782. The van der Waals surface area contributed by atoms with E-state index in [1.807, 2.05) is 18.2 Å². The molecule has 0 fully saturated rings. The molecule has 7 rings (SSSR count). The van der Waals surface area contributed by atoms with Gasteiger partial charge in [0.25, 0.3) is 0 Å². The van der Waals surface area contributed by atoms with Crippen molar-refractivity contribution < 1.29 is 0 Å². The smallest absolute Gasteiger partial charge is 0.114 e. The van der Waals surface area contributed by atoms with Crippen molar-refractivity contribution in [1.82, 2.24) is 0 Å². The van der Waals surface area contributed by atoms with Crippen molar-refractivity contribution in [3.63, 3.8) is 0 Å². The van der Waals surface area contributed by atoms with Crippen LogP contribution < -0.4 is 5.19 Å². The number of unbranched alkanes of at least 4 members (excludes halogenated alkanes) is 3. The molecule has 6 aromatic rings. The minimum Gasteiger partial charge on any atom is -0.114 e. The van der Waals surface area contributed by atoms with Gasteiger partial charge >= 0.3 is 0 Å². The molecule has 234 valence electrons. The molecule has 0 aliphatic carbocycles. The molecule has 0 atom stereocenters. The molecule has 1 heterocycles. The van der Waals surface area contributed by atoms with Gasteiger partial charge in [-0.15, -0.1) is 11.5 Å². The van der Waals surface area contributed by atoms with Crippen LogP contribution in [0.1, 0.15) is 53.5 Å². The lowest BCUT2D eigenvalue weighted by Gasteiger charge is -2.30.